The van der Waals surface area contributed by atoms with Gasteiger partial charge in [-0.3, -0.25) is 14.9 Å². The van der Waals surface area contributed by atoms with Crippen LogP contribution in [0.1, 0.15) is 6.92 Å². The maximum Gasteiger partial charge on any atom is 0.292 e. The van der Waals surface area contributed by atoms with Crippen LogP contribution in [0.3, 0.4) is 0 Å². The number of carbonyl (C=O) groups is 1. The van der Waals surface area contributed by atoms with Gasteiger partial charge in [0.25, 0.3) is 11.6 Å². The largest absolute Gasteiger partial charge is 0.481 e. The average Bonchev–Trinajstić information content (AvgIpc) is 2.49. The molecule has 0 bridgehead atoms. The molecule has 0 spiro atoms. The Kier molecular flexibility index (Phi) is 5.11. The van der Waals surface area contributed by atoms with E-state index in [1.165, 1.54) is 18.2 Å². The highest BCUT2D eigenvalue weighted by molar-refractivity contribution is 9.10. The number of nitro benzene ring substituents is 1. The van der Waals surface area contributed by atoms with Crippen molar-refractivity contribution in [1.82, 2.24) is 0 Å². The van der Waals surface area contributed by atoms with Crippen molar-refractivity contribution in [2.24, 2.45) is 0 Å². The van der Waals surface area contributed by atoms with Crippen molar-refractivity contribution in [3.05, 3.63) is 63.1 Å². The predicted molar refractivity (Wildman–Crippen MR) is 86.0 cm³/mol. The Labute approximate surface area is 135 Å². The second-order valence-corrected chi connectivity index (χ2v) is 5.39. The zero-order valence-corrected chi connectivity index (χ0v) is 13.2. The molecule has 0 saturated carbocycles. The molecule has 0 saturated heterocycles. The quantitative estimate of drug-likeness (QED) is 0.646. The summed E-state index contributed by atoms with van der Waals surface area (Å²) >= 11 is 3.31. The molecule has 22 heavy (non-hydrogen) atoms. The molecular formula is C15H13BrN2O4. The maximum absolute atomic E-state index is 12.1. The van der Waals surface area contributed by atoms with Gasteiger partial charge in [-0.1, -0.05) is 28.1 Å². The SMILES string of the molecule is C[C@@H](Oc1ccc(Br)cc1)C(=O)Nc1ccccc1[N+](=O)[O-]. The molecular weight excluding hydrogens is 352 g/mol. The zero-order chi connectivity index (χ0) is 16.1. The van der Waals surface area contributed by atoms with E-state index in [9.17, 15) is 14.9 Å². The van der Waals surface area contributed by atoms with Crippen LogP contribution in [0.5, 0.6) is 5.75 Å². The Hall–Kier alpha value is -2.41. The number of carbonyl (C=O) groups excluding carboxylic acids is 1. The minimum absolute atomic E-state index is 0.142. The summed E-state index contributed by atoms with van der Waals surface area (Å²) in [5.74, 6) is 0.0747. The number of hydrogen-bond donors (Lipinski definition) is 1. The van der Waals surface area contributed by atoms with E-state index in [1.807, 2.05) is 0 Å². The number of halogens is 1. The van der Waals surface area contributed by atoms with E-state index in [4.69, 9.17) is 4.74 Å². The second-order valence-electron chi connectivity index (χ2n) is 4.48. The minimum atomic E-state index is -0.791. The van der Waals surface area contributed by atoms with Crippen molar-refractivity contribution in [1.29, 1.82) is 0 Å². The fourth-order valence-corrected chi connectivity index (χ4v) is 2.01. The summed E-state index contributed by atoms with van der Waals surface area (Å²) in [7, 11) is 0. The number of benzene rings is 2. The van der Waals surface area contributed by atoms with Crippen molar-refractivity contribution in [3.8, 4) is 5.75 Å². The molecule has 0 radical (unpaired) electrons. The van der Waals surface area contributed by atoms with E-state index in [2.05, 4.69) is 21.2 Å². The third kappa shape index (κ3) is 4.05. The maximum atomic E-state index is 12.1. The third-order valence-electron chi connectivity index (χ3n) is 2.85. The molecule has 1 atom stereocenters. The van der Waals surface area contributed by atoms with Gasteiger partial charge >= 0.3 is 0 Å². The van der Waals surface area contributed by atoms with Gasteiger partial charge in [-0.05, 0) is 37.3 Å². The average molecular weight is 365 g/mol. The Morgan fingerprint density at radius 3 is 2.50 bits per heavy atom. The van der Waals surface area contributed by atoms with Gasteiger partial charge in [-0.15, -0.1) is 0 Å². The molecule has 6 nitrogen and oxygen atoms in total. The highest BCUT2D eigenvalue weighted by Crippen LogP contribution is 2.24. The van der Waals surface area contributed by atoms with E-state index >= 15 is 0 Å². The van der Waals surface area contributed by atoms with Crippen molar-refractivity contribution < 1.29 is 14.5 Å². The molecule has 2 aromatic rings. The summed E-state index contributed by atoms with van der Waals surface area (Å²) in [4.78, 5) is 22.5. The van der Waals surface area contributed by atoms with Crippen LogP contribution in [-0.4, -0.2) is 16.9 Å². The van der Waals surface area contributed by atoms with Gasteiger partial charge in [0.1, 0.15) is 11.4 Å². The first-order chi connectivity index (χ1) is 10.5. The van der Waals surface area contributed by atoms with Crippen LogP contribution >= 0.6 is 15.9 Å². The van der Waals surface area contributed by atoms with E-state index in [0.717, 1.165) is 4.47 Å². The number of nitrogens with zero attached hydrogens (tertiary/aromatic N) is 1. The highest BCUT2D eigenvalue weighted by Gasteiger charge is 2.19. The molecule has 2 rings (SSSR count). The predicted octanol–water partition coefficient (Wildman–Crippen LogP) is 3.76. The first-order valence-electron chi connectivity index (χ1n) is 6.44. The highest BCUT2D eigenvalue weighted by atomic mass is 79.9. The van der Waals surface area contributed by atoms with Gasteiger partial charge in [0.2, 0.25) is 0 Å². The molecule has 114 valence electrons. The van der Waals surface area contributed by atoms with Crippen LogP contribution in [0.4, 0.5) is 11.4 Å². The Balaban J connectivity index is 2.05. The lowest BCUT2D eigenvalue weighted by Crippen LogP contribution is -2.30. The second kappa shape index (κ2) is 7.04. The molecule has 7 heteroatoms. The van der Waals surface area contributed by atoms with Gasteiger partial charge in [0.05, 0.1) is 4.92 Å². The van der Waals surface area contributed by atoms with Crippen LogP contribution in [0.2, 0.25) is 0 Å². The van der Waals surface area contributed by atoms with Gasteiger partial charge in [0, 0.05) is 10.5 Å². The molecule has 0 aliphatic carbocycles. The molecule has 0 aliphatic rings. The lowest BCUT2D eigenvalue weighted by Gasteiger charge is -2.14. The number of nitro groups is 1. The Bertz CT molecular complexity index is 688. The fourth-order valence-electron chi connectivity index (χ4n) is 1.74. The molecule has 0 aromatic heterocycles. The monoisotopic (exact) mass is 364 g/mol. The number of amides is 1. The number of ether oxygens (including phenoxy) is 1. The molecule has 0 aliphatic heterocycles. The van der Waals surface area contributed by atoms with E-state index in [1.54, 1.807) is 37.3 Å². The zero-order valence-electron chi connectivity index (χ0n) is 11.7. The Morgan fingerprint density at radius 1 is 1.23 bits per heavy atom. The third-order valence-corrected chi connectivity index (χ3v) is 3.38. The van der Waals surface area contributed by atoms with E-state index in [0.29, 0.717) is 5.75 Å². The summed E-state index contributed by atoms with van der Waals surface area (Å²) in [6.45, 7) is 1.58. The number of hydrogen-bond acceptors (Lipinski definition) is 4. The first-order valence-corrected chi connectivity index (χ1v) is 7.23. The summed E-state index contributed by atoms with van der Waals surface area (Å²) in [6, 6.07) is 13.0. The van der Waals surface area contributed by atoms with Crippen LogP contribution in [0.15, 0.2) is 53.0 Å². The van der Waals surface area contributed by atoms with Crippen LogP contribution in [-0.2, 0) is 4.79 Å². The summed E-state index contributed by atoms with van der Waals surface area (Å²) < 4.78 is 6.40. The minimum Gasteiger partial charge on any atom is -0.481 e. The fraction of sp³-hybridized carbons (Fsp3) is 0.133. The summed E-state index contributed by atoms with van der Waals surface area (Å²) in [5, 5.41) is 13.4. The smallest absolute Gasteiger partial charge is 0.292 e. The van der Waals surface area contributed by atoms with E-state index in [-0.39, 0.29) is 11.4 Å². The normalized spacial score (nSPS) is 11.5. The van der Waals surface area contributed by atoms with Gasteiger partial charge in [0.15, 0.2) is 6.10 Å². The van der Waals surface area contributed by atoms with Gasteiger partial charge in [-0.25, -0.2) is 0 Å². The van der Waals surface area contributed by atoms with Crippen molar-refractivity contribution in [3.63, 3.8) is 0 Å². The van der Waals surface area contributed by atoms with E-state index < -0.39 is 16.9 Å². The molecule has 1 N–H and O–H groups in total. The standard InChI is InChI=1S/C15H13BrN2O4/c1-10(22-12-8-6-11(16)7-9-12)15(19)17-13-4-2-3-5-14(13)18(20)21/h2-10H,1H3,(H,17,19)/t10-/m1/s1. The van der Waals surface area contributed by atoms with Gasteiger partial charge < -0.3 is 10.1 Å². The topological polar surface area (TPSA) is 81.5 Å². The number of nitrogens with one attached hydrogen (secondary N) is 1. The Morgan fingerprint density at radius 2 is 1.86 bits per heavy atom. The number of rotatable bonds is 5. The van der Waals surface area contributed by atoms with Crippen molar-refractivity contribution >= 4 is 33.2 Å². The van der Waals surface area contributed by atoms with Crippen LogP contribution in [0.25, 0.3) is 0 Å². The number of para-hydroxylation sites is 2. The molecule has 0 fully saturated rings. The molecule has 1 amide bonds. The number of anilines is 1. The first kappa shape index (κ1) is 16.0. The molecule has 2 aromatic carbocycles. The summed E-state index contributed by atoms with van der Waals surface area (Å²) in [6.07, 6.45) is -0.791. The van der Waals surface area contributed by atoms with Crippen molar-refractivity contribution in [2.75, 3.05) is 5.32 Å². The van der Waals surface area contributed by atoms with Crippen molar-refractivity contribution in [2.45, 2.75) is 13.0 Å². The van der Waals surface area contributed by atoms with Crippen LogP contribution < -0.4 is 10.1 Å². The van der Waals surface area contributed by atoms with Crippen LogP contribution in [0, 0.1) is 10.1 Å². The lowest BCUT2D eigenvalue weighted by molar-refractivity contribution is -0.383. The molecule has 0 unspecified atom stereocenters. The van der Waals surface area contributed by atoms with Gasteiger partial charge in [-0.2, -0.15) is 0 Å². The summed E-state index contributed by atoms with van der Waals surface area (Å²) in [5.41, 5.74) is -0.0181. The molecule has 0 heterocycles. The lowest BCUT2D eigenvalue weighted by atomic mass is 10.2.